The molecule has 0 rings (SSSR count). The van der Waals surface area contributed by atoms with Crippen molar-refractivity contribution >= 4 is 16.9 Å². The predicted octanol–water partition coefficient (Wildman–Crippen LogP) is 3.32. The van der Waals surface area contributed by atoms with Crippen LogP contribution in [0.2, 0.25) is 0 Å². The molecule has 0 radical (unpaired) electrons. The molecule has 0 aromatic heterocycles. The number of rotatable bonds is 5. The van der Waals surface area contributed by atoms with Crippen molar-refractivity contribution < 1.29 is 8.95 Å². The zero-order valence-corrected chi connectivity index (χ0v) is 12.2. The maximum absolute atomic E-state index is 11.9. The van der Waals surface area contributed by atoms with E-state index >= 15 is 0 Å². The Bertz CT molecular complexity index is 256. The van der Waals surface area contributed by atoms with Gasteiger partial charge in [0.05, 0.1) is 11.9 Å². The number of ether oxygens (including phenoxy) is 1. The standard InChI is InChI=1S/C12H25NO2S/c1-7-9-10(8-2)11(15-6)13-16(14)12(3,4)5/h10H,7-9H2,1-6H3/b13-11-/t10-,16-/m1/s1. The van der Waals surface area contributed by atoms with Crippen molar-refractivity contribution in [1.82, 2.24) is 0 Å². The highest BCUT2D eigenvalue weighted by molar-refractivity contribution is 7.85. The van der Waals surface area contributed by atoms with E-state index in [0.717, 1.165) is 19.3 Å². The third kappa shape index (κ3) is 5.10. The highest BCUT2D eigenvalue weighted by Gasteiger charge is 2.22. The van der Waals surface area contributed by atoms with Crippen molar-refractivity contribution in [1.29, 1.82) is 0 Å². The zero-order chi connectivity index (χ0) is 12.8. The molecule has 4 heteroatoms. The maximum Gasteiger partial charge on any atom is 0.200 e. The maximum atomic E-state index is 11.9. The molecule has 0 unspecified atom stereocenters. The monoisotopic (exact) mass is 247 g/mol. The number of methoxy groups -OCH3 is 1. The van der Waals surface area contributed by atoms with E-state index in [-0.39, 0.29) is 4.75 Å². The molecular formula is C12H25NO2S. The Morgan fingerprint density at radius 1 is 1.38 bits per heavy atom. The van der Waals surface area contributed by atoms with Crippen LogP contribution < -0.4 is 0 Å². The fourth-order valence-electron chi connectivity index (χ4n) is 1.35. The molecule has 0 amide bonds. The van der Waals surface area contributed by atoms with Gasteiger partial charge in [0, 0.05) is 5.92 Å². The molecule has 0 saturated carbocycles. The van der Waals surface area contributed by atoms with E-state index in [9.17, 15) is 4.21 Å². The molecule has 0 aliphatic carbocycles. The van der Waals surface area contributed by atoms with Crippen molar-refractivity contribution in [2.45, 2.75) is 58.6 Å². The molecule has 0 aromatic carbocycles. The average molecular weight is 247 g/mol. The fourth-order valence-corrected chi connectivity index (χ4v) is 2.01. The molecule has 0 aromatic rings. The van der Waals surface area contributed by atoms with Crippen LogP contribution in [0.3, 0.4) is 0 Å². The van der Waals surface area contributed by atoms with Crippen LogP contribution in [0.15, 0.2) is 4.40 Å². The molecule has 96 valence electrons. The fraction of sp³-hybridized carbons (Fsp3) is 0.917. The minimum Gasteiger partial charge on any atom is -0.483 e. The van der Waals surface area contributed by atoms with Crippen LogP contribution in [0.1, 0.15) is 53.9 Å². The molecule has 0 heterocycles. The van der Waals surface area contributed by atoms with Gasteiger partial charge in [0.1, 0.15) is 11.0 Å². The number of hydrogen-bond donors (Lipinski definition) is 0. The first-order chi connectivity index (χ1) is 7.36. The summed E-state index contributed by atoms with van der Waals surface area (Å²) >= 11 is 0. The van der Waals surface area contributed by atoms with E-state index in [2.05, 4.69) is 18.2 Å². The number of hydrogen-bond acceptors (Lipinski definition) is 2. The Morgan fingerprint density at radius 2 is 1.94 bits per heavy atom. The Balaban J connectivity index is 4.82. The van der Waals surface area contributed by atoms with Crippen molar-refractivity contribution in [2.75, 3.05) is 7.11 Å². The highest BCUT2D eigenvalue weighted by Crippen LogP contribution is 2.18. The SMILES string of the molecule is CCC[C@@H](CC)/C(=N/[S@](=O)C(C)(C)C)OC. The summed E-state index contributed by atoms with van der Waals surface area (Å²) in [7, 11) is 0.378. The Kier molecular flexibility index (Phi) is 6.88. The minimum absolute atomic E-state index is 0.293. The summed E-state index contributed by atoms with van der Waals surface area (Å²) in [6.45, 7) is 9.99. The van der Waals surface area contributed by atoms with Gasteiger partial charge in [0.2, 0.25) is 0 Å². The average Bonchev–Trinajstić information content (AvgIpc) is 2.21. The van der Waals surface area contributed by atoms with Crippen LogP contribution in [-0.2, 0) is 15.7 Å². The molecule has 0 saturated heterocycles. The van der Waals surface area contributed by atoms with Gasteiger partial charge in [-0.3, -0.25) is 0 Å². The second-order valence-corrected chi connectivity index (χ2v) is 6.79. The van der Waals surface area contributed by atoms with E-state index in [4.69, 9.17) is 4.74 Å². The van der Waals surface area contributed by atoms with E-state index in [0.29, 0.717) is 11.8 Å². The molecule has 0 aliphatic rings. The van der Waals surface area contributed by atoms with E-state index < -0.39 is 11.0 Å². The van der Waals surface area contributed by atoms with Crippen LogP contribution in [-0.4, -0.2) is 22.0 Å². The van der Waals surface area contributed by atoms with Gasteiger partial charge in [-0.15, -0.1) is 0 Å². The minimum atomic E-state index is -1.23. The molecule has 0 aliphatic heterocycles. The van der Waals surface area contributed by atoms with E-state index in [1.807, 2.05) is 20.8 Å². The van der Waals surface area contributed by atoms with Crippen molar-refractivity contribution in [3.8, 4) is 0 Å². The van der Waals surface area contributed by atoms with E-state index in [1.54, 1.807) is 7.11 Å². The van der Waals surface area contributed by atoms with Gasteiger partial charge in [-0.2, -0.15) is 4.40 Å². The summed E-state index contributed by atoms with van der Waals surface area (Å²) in [6, 6.07) is 0. The molecule has 2 atom stereocenters. The Labute approximate surface area is 102 Å². The van der Waals surface area contributed by atoms with Crippen LogP contribution in [0.4, 0.5) is 0 Å². The predicted molar refractivity (Wildman–Crippen MR) is 71.0 cm³/mol. The summed E-state index contributed by atoms with van der Waals surface area (Å²) in [5, 5.41) is 0. The highest BCUT2D eigenvalue weighted by atomic mass is 32.2. The summed E-state index contributed by atoms with van der Waals surface area (Å²) in [6.07, 6.45) is 3.09. The largest absolute Gasteiger partial charge is 0.483 e. The molecule has 0 bridgehead atoms. The third-order valence-corrected chi connectivity index (χ3v) is 3.78. The van der Waals surface area contributed by atoms with Gasteiger partial charge >= 0.3 is 0 Å². The lowest BCUT2D eigenvalue weighted by molar-refractivity contribution is 0.355. The Hall–Kier alpha value is -0.380. The summed E-state index contributed by atoms with van der Waals surface area (Å²) in [5.41, 5.74) is 0. The molecule has 3 nitrogen and oxygen atoms in total. The van der Waals surface area contributed by atoms with Gasteiger partial charge in [-0.05, 0) is 33.6 Å². The summed E-state index contributed by atoms with van der Waals surface area (Å²) in [5.74, 6) is 0.930. The lowest BCUT2D eigenvalue weighted by Gasteiger charge is -2.18. The molecule has 0 N–H and O–H groups in total. The van der Waals surface area contributed by atoms with Crippen molar-refractivity contribution in [3.63, 3.8) is 0 Å². The van der Waals surface area contributed by atoms with Crippen LogP contribution in [0.5, 0.6) is 0 Å². The quantitative estimate of drug-likeness (QED) is 0.552. The van der Waals surface area contributed by atoms with Gasteiger partial charge in [0.25, 0.3) is 0 Å². The van der Waals surface area contributed by atoms with Crippen LogP contribution in [0.25, 0.3) is 0 Å². The number of nitrogens with zero attached hydrogens (tertiary/aromatic N) is 1. The Morgan fingerprint density at radius 3 is 2.25 bits per heavy atom. The van der Waals surface area contributed by atoms with Crippen LogP contribution >= 0.6 is 0 Å². The molecular weight excluding hydrogens is 222 g/mol. The smallest absolute Gasteiger partial charge is 0.200 e. The van der Waals surface area contributed by atoms with Gasteiger partial charge < -0.3 is 4.74 Å². The van der Waals surface area contributed by atoms with Crippen molar-refractivity contribution in [3.05, 3.63) is 0 Å². The molecule has 0 spiro atoms. The van der Waals surface area contributed by atoms with Crippen LogP contribution in [0, 0.1) is 5.92 Å². The summed E-state index contributed by atoms with van der Waals surface area (Å²) < 4.78 is 21.1. The zero-order valence-electron chi connectivity index (χ0n) is 11.4. The molecule has 0 fully saturated rings. The normalized spacial score (nSPS) is 17.0. The third-order valence-electron chi connectivity index (χ3n) is 2.39. The van der Waals surface area contributed by atoms with Gasteiger partial charge in [0.15, 0.2) is 5.90 Å². The van der Waals surface area contributed by atoms with Gasteiger partial charge in [-0.1, -0.05) is 20.3 Å². The first-order valence-electron chi connectivity index (χ1n) is 5.91. The lowest BCUT2D eigenvalue weighted by Crippen LogP contribution is -2.24. The molecule has 16 heavy (non-hydrogen) atoms. The summed E-state index contributed by atoms with van der Waals surface area (Å²) in [4.78, 5) is 0. The van der Waals surface area contributed by atoms with E-state index in [1.165, 1.54) is 0 Å². The first kappa shape index (κ1) is 15.6. The second-order valence-electron chi connectivity index (χ2n) is 4.89. The van der Waals surface area contributed by atoms with Crippen molar-refractivity contribution in [2.24, 2.45) is 10.3 Å². The lowest BCUT2D eigenvalue weighted by atomic mass is 10.0. The second kappa shape index (κ2) is 7.05. The van der Waals surface area contributed by atoms with Gasteiger partial charge in [-0.25, -0.2) is 4.21 Å². The first-order valence-corrected chi connectivity index (χ1v) is 7.02. The topological polar surface area (TPSA) is 38.7 Å².